The molecule has 8 heteroatoms. The van der Waals surface area contributed by atoms with Crippen molar-refractivity contribution >= 4 is 29.2 Å². The highest BCUT2D eigenvalue weighted by atomic mass is 16.4. The van der Waals surface area contributed by atoms with Crippen LogP contribution in [0.25, 0.3) is 0 Å². The topological polar surface area (TPSA) is 124 Å². The maximum atomic E-state index is 13.6. The summed E-state index contributed by atoms with van der Waals surface area (Å²) in [5.74, 6) is 2.00. The van der Waals surface area contributed by atoms with E-state index >= 15 is 0 Å². The summed E-state index contributed by atoms with van der Waals surface area (Å²) in [4.78, 5) is 44.8. The summed E-state index contributed by atoms with van der Waals surface area (Å²) >= 11 is 0. The Bertz CT molecular complexity index is 1210. The molecule has 4 bridgehead atoms. The Morgan fingerprint density at radius 2 is 1.59 bits per heavy atom. The van der Waals surface area contributed by atoms with E-state index in [2.05, 4.69) is 15.6 Å². The third-order valence-corrected chi connectivity index (χ3v) is 9.79. The number of hydrogen-bond donors (Lipinski definition) is 4. The lowest BCUT2D eigenvalue weighted by atomic mass is 9.48. The number of H-pyrrole nitrogens is 1. The fraction of sp³-hybridized carbons (Fsp3) is 0.613. The number of benzene rings is 1. The van der Waals surface area contributed by atoms with Crippen molar-refractivity contribution < 1.29 is 19.5 Å². The Kier molecular flexibility index (Phi) is 7.21. The van der Waals surface area contributed by atoms with E-state index in [9.17, 15) is 14.4 Å². The molecule has 39 heavy (non-hydrogen) atoms. The molecule has 0 unspecified atom stereocenters. The fourth-order valence-electron chi connectivity index (χ4n) is 8.56. The number of aryl methyl sites for hydroxylation is 1. The zero-order valence-electron chi connectivity index (χ0n) is 22.6. The van der Waals surface area contributed by atoms with Gasteiger partial charge in [0.2, 0.25) is 5.91 Å². The van der Waals surface area contributed by atoms with E-state index in [1.807, 2.05) is 0 Å². The Labute approximate surface area is 229 Å². The van der Waals surface area contributed by atoms with Crippen molar-refractivity contribution in [3.8, 4) is 0 Å². The van der Waals surface area contributed by atoms with Gasteiger partial charge in [0.1, 0.15) is 17.9 Å². The van der Waals surface area contributed by atoms with Crippen LogP contribution in [-0.2, 0) is 16.0 Å². The van der Waals surface area contributed by atoms with Crippen LogP contribution in [-0.4, -0.2) is 32.9 Å². The van der Waals surface area contributed by atoms with E-state index in [4.69, 9.17) is 10.1 Å². The monoisotopic (exact) mass is 532 g/mol. The SMILES string of the molecule is O=C(O)CC(=O)Nc1cccc(NC(=O)c2nc(C3CCCCC3)[nH]c2CCC23CC4CC(CC(C4)C2)C3)c1. The number of aromatic amines is 1. The second-order valence-corrected chi connectivity index (χ2v) is 12.9. The summed E-state index contributed by atoms with van der Waals surface area (Å²) in [6.07, 6.45) is 15.6. The number of nitrogens with one attached hydrogen (secondary N) is 3. The zero-order valence-corrected chi connectivity index (χ0v) is 22.6. The molecular weight excluding hydrogens is 492 g/mol. The Balaban J connectivity index is 1.19. The molecule has 5 fully saturated rings. The van der Waals surface area contributed by atoms with Crippen molar-refractivity contribution in [1.82, 2.24) is 9.97 Å². The smallest absolute Gasteiger partial charge is 0.312 e. The quantitative estimate of drug-likeness (QED) is 0.283. The van der Waals surface area contributed by atoms with Gasteiger partial charge >= 0.3 is 5.97 Å². The van der Waals surface area contributed by atoms with Crippen LogP contribution >= 0.6 is 0 Å². The molecule has 2 aromatic rings. The molecule has 0 saturated heterocycles. The highest BCUT2D eigenvalue weighted by molar-refractivity contribution is 6.05. The normalized spacial score (nSPS) is 27.8. The van der Waals surface area contributed by atoms with Gasteiger partial charge in [0, 0.05) is 23.0 Å². The third-order valence-electron chi connectivity index (χ3n) is 9.79. The summed E-state index contributed by atoms with van der Waals surface area (Å²) in [5.41, 5.74) is 2.84. The minimum atomic E-state index is -1.19. The number of carbonyl (C=O) groups is 3. The lowest BCUT2D eigenvalue weighted by Gasteiger charge is -2.57. The van der Waals surface area contributed by atoms with Crippen molar-refractivity contribution in [2.75, 3.05) is 10.6 Å². The van der Waals surface area contributed by atoms with Gasteiger partial charge in [-0.2, -0.15) is 0 Å². The van der Waals surface area contributed by atoms with E-state index in [-0.39, 0.29) is 5.91 Å². The van der Waals surface area contributed by atoms with Crippen molar-refractivity contribution in [3.63, 3.8) is 0 Å². The molecule has 5 aliphatic carbocycles. The zero-order chi connectivity index (χ0) is 27.0. The summed E-state index contributed by atoms with van der Waals surface area (Å²) in [6, 6.07) is 6.79. The molecular formula is C31H40N4O4. The minimum absolute atomic E-state index is 0.247. The number of aromatic nitrogens is 2. The predicted molar refractivity (Wildman–Crippen MR) is 149 cm³/mol. The molecule has 2 amide bonds. The maximum Gasteiger partial charge on any atom is 0.312 e. The summed E-state index contributed by atoms with van der Waals surface area (Å²) in [5, 5.41) is 14.4. The van der Waals surface area contributed by atoms with Crippen LogP contribution in [0.4, 0.5) is 11.4 Å². The molecule has 5 saturated carbocycles. The highest BCUT2D eigenvalue weighted by Gasteiger charge is 2.50. The van der Waals surface area contributed by atoms with Crippen molar-refractivity contribution in [2.45, 2.75) is 95.8 Å². The van der Waals surface area contributed by atoms with E-state index < -0.39 is 18.3 Å². The first kappa shape index (κ1) is 26.1. The van der Waals surface area contributed by atoms with Crippen molar-refractivity contribution in [1.29, 1.82) is 0 Å². The molecule has 1 aromatic heterocycles. The highest BCUT2D eigenvalue weighted by Crippen LogP contribution is 2.61. The summed E-state index contributed by atoms with van der Waals surface area (Å²) in [6.45, 7) is 0. The number of carboxylic acids is 1. The number of anilines is 2. The Morgan fingerprint density at radius 3 is 2.23 bits per heavy atom. The molecule has 7 rings (SSSR count). The predicted octanol–water partition coefficient (Wildman–Crippen LogP) is 6.27. The van der Waals surface area contributed by atoms with Crippen LogP contribution in [0.3, 0.4) is 0 Å². The van der Waals surface area contributed by atoms with E-state index in [0.717, 1.165) is 55.0 Å². The molecule has 0 aliphatic heterocycles. The Hall–Kier alpha value is -3.16. The van der Waals surface area contributed by atoms with Gasteiger partial charge in [0.05, 0.1) is 0 Å². The van der Waals surface area contributed by atoms with Crippen LogP contribution in [0.15, 0.2) is 24.3 Å². The molecule has 1 aromatic carbocycles. The molecule has 4 N–H and O–H groups in total. The second kappa shape index (κ2) is 10.8. The fourth-order valence-corrected chi connectivity index (χ4v) is 8.56. The molecule has 8 nitrogen and oxygen atoms in total. The number of carboxylic acid groups (broad SMARTS) is 1. The number of imidazole rings is 1. The second-order valence-electron chi connectivity index (χ2n) is 12.9. The van der Waals surface area contributed by atoms with Gasteiger partial charge in [0.25, 0.3) is 5.91 Å². The Morgan fingerprint density at radius 1 is 0.949 bits per heavy atom. The van der Waals surface area contributed by atoms with E-state index in [1.54, 1.807) is 24.3 Å². The van der Waals surface area contributed by atoms with Crippen LogP contribution in [0.1, 0.15) is 111 Å². The van der Waals surface area contributed by atoms with Crippen molar-refractivity contribution in [2.24, 2.45) is 23.2 Å². The first-order valence-electron chi connectivity index (χ1n) is 14.9. The molecule has 0 spiro atoms. The molecule has 5 aliphatic rings. The standard InChI is InChI=1S/C31H40N4O4/c36-26(15-27(37)38)32-23-7-4-8-24(14-23)33-30(39)28-25(34-29(35-28)22-5-2-1-3-6-22)9-10-31-16-19-11-20(17-31)13-21(12-19)18-31/h4,7-8,14,19-22H,1-3,5-6,9-13,15-18H2,(H,32,36)(H,33,39)(H,34,35)(H,37,38). The first-order valence-corrected chi connectivity index (χ1v) is 14.9. The van der Waals surface area contributed by atoms with Gasteiger partial charge in [-0.1, -0.05) is 25.3 Å². The number of carbonyl (C=O) groups excluding carboxylic acids is 2. The van der Waals surface area contributed by atoms with Gasteiger partial charge in [0.15, 0.2) is 0 Å². The molecule has 1 heterocycles. The number of rotatable bonds is 9. The number of nitrogens with zero attached hydrogens (tertiary/aromatic N) is 1. The van der Waals surface area contributed by atoms with Crippen LogP contribution < -0.4 is 10.6 Å². The van der Waals surface area contributed by atoms with Gasteiger partial charge < -0.3 is 20.7 Å². The molecule has 208 valence electrons. The maximum absolute atomic E-state index is 13.6. The van der Waals surface area contributed by atoms with Gasteiger partial charge in [-0.05, 0) is 106 Å². The lowest BCUT2D eigenvalue weighted by Crippen LogP contribution is -2.46. The van der Waals surface area contributed by atoms with E-state index in [0.29, 0.717) is 28.4 Å². The lowest BCUT2D eigenvalue weighted by molar-refractivity contribution is -0.139. The average Bonchev–Trinajstić information content (AvgIpc) is 3.32. The third kappa shape index (κ3) is 5.89. The number of amides is 2. The largest absolute Gasteiger partial charge is 0.481 e. The molecule has 0 radical (unpaired) electrons. The minimum Gasteiger partial charge on any atom is -0.481 e. The van der Waals surface area contributed by atoms with Gasteiger partial charge in [-0.15, -0.1) is 0 Å². The summed E-state index contributed by atoms with van der Waals surface area (Å²) < 4.78 is 0. The van der Waals surface area contributed by atoms with Crippen molar-refractivity contribution in [3.05, 3.63) is 41.5 Å². The molecule has 0 atom stereocenters. The van der Waals surface area contributed by atoms with E-state index in [1.165, 1.54) is 57.8 Å². The first-order chi connectivity index (χ1) is 18.8. The average molecular weight is 533 g/mol. The van der Waals surface area contributed by atoms with Gasteiger partial charge in [-0.3, -0.25) is 14.4 Å². The van der Waals surface area contributed by atoms with Crippen LogP contribution in [0, 0.1) is 23.2 Å². The van der Waals surface area contributed by atoms with Gasteiger partial charge in [-0.25, -0.2) is 4.98 Å². The van der Waals surface area contributed by atoms with Crippen LogP contribution in [0.5, 0.6) is 0 Å². The summed E-state index contributed by atoms with van der Waals surface area (Å²) in [7, 11) is 0. The number of aliphatic carboxylic acids is 1. The van der Waals surface area contributed by atoms with Crippen LogP contribution in [0.2, 0.25) is 0 Å². The number of hydrogen-bond acceptors (Lipinski definition) is 4.